The Hall–Kier alpha value is -0.850. The van der Waals surface area contributed by atoms with Crippen LogP contribution in [0.2, 0.25) is 0 Å². The first kappa shape index (κ1) is 14.2. The van der Waals surface area contributed by atoms with E-state index in [1.165, 1.54) is 19.4 Å². The maximum atomic E-state index is 12.1. The second kappa shape index (κ2) is 5.29. The summed E-state index contributed by atoms with van der Waals surface area (Å²) < 4.78 is 40.7. The number of hydrogen-bond acceptors (Lipinski definition) is 3. The highest BCUT2D eigenvalue weighted by molar-refractivity contribution is 8.16. The number of rotatable bonds is 3. The Labute approximate surface area is 87.5 Å². The fourth-order valence-electron chi connectivity index (χ4n) is 0.770. The van der Waals surface area contributed by atoms with E-state index in [1.54, 1.807) is 0 Å². The summed E-state index contributed by atoms with van der Waals surface area (Å²) in [4.78, 5) is 21.1. The summed E-state index contributed by atoms with van der Waals surface area (Å²) in [7, 11) is -1.09. The number of Topliss-reactive ketones (excluding diaryl/α,β-unsaturated/α-hetero) is 1. The standard InChI is InChI=1S/C8H11F3O3S/c1-4-14-7(13)5(15(2)3)6(12)8(9,10)11/h4H2,1-3H3. The summed E-state index contributed by atoms with van der Waals surface area (Å²) in [5.41, 5.74) is 0. The maximum Gasteiger partial charge on any atom is 0.455 e. The molecule has 0 spiro atoms. The molecule has 0 unspecified atom stereocenters. The predicted molar refractivity (Wildman–Crippen MR) is 52.1 cm³/mol. The summed E-state index contributed by atoms with van der Waals surface area (Å²) in [5.74, 6) is -3.30. The van der Waals surface area contributed by atoms with Crippen LogP contribution in [0, 0.1) is 0 Å². The van der Waals surface area contributed by atoms with Crippen LogP contribution in [0.5, 0.6) is 0 Å². The molecule has 0 aliphatic rings. The first-order chi connectivity index (χ1) is 6.71. The van der Waals surface area contributed by atoms with Gasteiger partial charge in [0, 0.05) is 0 Å². The number of ketones is 1. The molecular weight excluding hydrogens is 233 g/mol. The lowest BCUT2D eigenvalue weighted by Crippen LogP contribution is -2.36. The lowest BCUT2D eigenvalue weighted by molar-refractivity contribution is -0.164. The van der Waals surface area contributed by atoms with E-state index in [0.717, 1.165) is 0 Å². The molecule has 0 fully saturated rings. The van der Waals surface area contributed by atoms with Crippen LogP contribution in [0.1, 0.15) is 6.92 Å². The zero-order valence-electron chi connectivity index (χ0n) is 8.47. The highest BCUT2D eigenvalue weighted by Gasteiger charge is 2.44. The van der Waals surface area contributed by atoms with Crippen LogP contribution in [0.4, 0.5) is 13.2 Å². The third-order valence-corrected chi connectivity index (χ3v) is 2.50. The van der Waals surface area contributed by atoms with Crippen molar-refractivity contribution in [2.24, 2.45) is 0 Å². The van der Waals surface area contributed by atoms with Gasteiger partial charge in [-0.2, -0.15) is 23.7 Å². The zero-order valence-corrected chi connectivity index (χ0v) is 9.29. The topological polar surface area (TPSA) is 43.4 Å². The molecule has 0 aliphatic heterocycles. The summed E-state index contributed by atoms with van der Waals surface area (Å²) >= 11 is 0. The van der Waals surface area contributed by atoms with Gasteiger partial charge in [-0.25, -0.2) is 4.79 Å². The first-order valence-corrected chi connectivity index (χ1v) is 5.99. The van der Waals surface area contributed by atoms with Crippen molar-refractivity contribution in [3.05, 3.63) is 0 Å². The third-order valence-electron chi connectivity index (χ3n) is 1.33. The molecule has 3 nitrogen and oxygen atoms in total. The highest BCUT2D eigenvalue weighted by Crippen LogP contribution is 2.20. The van der Waals surface area contributed by atoms with Gasteiger partial charge in [-0.1, -0.05) is 0 Å². The van der Waals surface area contributed by atoms with E-state index in [1.807, 2.05) is 0 Å². The van der Waals surface area contributed by atoms with Crippen molar-refractivity contribution in [2.45, 2.75) is 13.1 Å². The normalized spacial score (nSPS) is 11.4. The van der Waals surface area contributed by atoms with Crippen molar-refractivity contribution in [3.63, 3.8) is 0 Å². The SMILES string of the molecule is CCOC(=O)C(C(=O)C(F)(F)F)=S(C)C. The van der Waals surface area contributed by atoms with Crippen LogP contribution in [-0.2, 0) is 14.3 Å². The first-order valence-electron chi connectivity index (χ1n) is 3.95. The summed E-state index contributed by atoms with van der Waals surface area (Å²) in [6.45, 7) is 1.39. The minimum absolute atomic E-state index is 0.0648. The molecule has 0 aromatic rings. The van der Waals surface area contributed by atoms with E-state index >= 15 is 0 Å². The van der Waals surface area contributed by atoms with Crippen LogP contribution in [0.15, 0.2) is 0 Å². The molecule has 7 heteroatoms. The number of halogens is 3. The largest absolute Gasteiger partial charge is 0.462 e. The Balaban J connectivity index is 5.13. The van der Waals surface area contributed by atoms with Crippen molar-refractivity contribution < 1.29 is 27.5 Å². The Bertz CT molecular complexity index is 303. The quantitative estimate of drug-likeness (QED) is 0.428. The Morgan fingerprint density at radius 1 is 1.27 bits per heavy atom. The van der Waals surface area contributed by atoms with Crippen LogP contribution in [0.25, 0.3) is 0 Å². The fraction of sp³-hybridized carbons (Fsp3) is 0.625. The molecule has 0 aromatic heterocycles. The van der Waals surface area contributed by atoms with E-state index in [9.17, 15) is 22.8 Å². The summed E-state index contributed by atoms with van der Waals surface area (Å²) in [5, 5.41) is 0. The summed E-state index contributed by atoms with van der Waals surface area (Å²) in [6.07, 6.45) is -2.31. The minimum Gasteiger partial charge on any atom is -0.462 e. The molecule has 0 saturated carbocycles. The maximum absolute atomic E-state index is 12.1. The van der Waals surface area contributed by atoms with Gasteiger partial charge in [0.1, 0.15) is 4.86 Å². The van der Waals surface area contributed by atoms with Gasteiger partial charge in [-0.3, -0.25) is 4.79 Å². The number of carbonyl (C=O) groups excluding carboxylic acids is 2. The molecule has 0 amide bonds. The lowest BCUT2D eigenvalue weighted by atomic mass is 10.3. The number of ether oxygens (including phenoxy) is 1. The summed E-state index contributed by atoms with van der Waals surface area (Å²) in [6, 6.07) is 0. The van der Waals surface area contributed by atoms with Gasteiger partial charge in [0.05, 0.1) is 6.61 Å². The highest BCUT2D eigenvalue weighted by atomic mass is 32.2. The molecule has 0 heterocycles. The van der Waals surface area contributed by atoms with Crippen molar-refractivity contribution in [2.75, 3.05) is 19.1 Å². The lowest BCUT2D eigenvalue weighted by Gasteiger charge is -2.10. The molecular formula is C8H11F3O3S. The average Bonchev–Trinajstić information content (AvgIpc) is 2.02. The van der Waals surface area contributed by atoms with E-state index in [-0.39, 0.29) is 6.61 Å². The molecule has 15 heavy (non-hydrogen) atoms. The van der Waals surface area contributed by atoms with Crippen molar-refractivity contribution >= 4 is 27.1 Å². The van der Waals surface area contributed by atoms with Gasteiger partial charge in [-0.15, -0.1) is 0 Å². The second-order valence-electron chi connectivity index (χ2n) is 2.69. The van der Waals surface area contributed by atoms with Gasteiger partial charge in [0.25, 0.3) is 5.78 Å². The van der Waals surface area contributed by atoms with Gasteiger partial charge in [0.15, 0.2) is 0 Å². The number of esters is 1. The molecule has 0 bridgehead atoms. The fourth-order valence-corrected chi connectivity index (χ4v) is 1.65. The van der Waals surface area contributed by atoms with Gasteiger partial charge in [0.2, 0.25) is 0 Å². The van der Waals surface area contributed by atoms with Gasteiger partial charge >= 0.3 is 12.1 Å². The Morgan fingerprint density at radius 3 is 2.00 bits per heavy atom. The molecule has 0 saturated heterocycles. The molecule has 0 rings (SSSR count). The zero-order chi connectivity index (χ0) is 12.2. The molecule has 0 radical (unpaired) electrons. The van der Waals surface area contributed by atoms with Gasteiger partial charge < -0.3 is 4.74 Å². The smallest absolute Gasteiger partial charge is 0.455 e. The molecule has 0 aromatic carbocycles. The number of alkyl halides is 3. The van der Waals surface area contributed by atoms with Crippen molar-refractivity contribution in [1.29, 1.82) is 0 Å². The molecule has 0 aliphatic carbocycles. The minimum atomic E-state index is -5.03. The van der Waals surface area contributed by atoms with Crippen LogP contribution >= 0.6 is 10.5 Å². The van der Waals surface area contributed by atoms with Crippen LogP contribution in [-0.4, -0.2) is 41.9 Å². The van der Waals surface area contributed by atoms with E-state index in [0.29, 0.717) is 0 Å². The van der Waals surface area contributed by atoms with Gasteiger partial charge in [-0.05, 0) is 19.4 Å². The molecule has 0 atom stereocenters. The monoisotopic (exact) mass is 244 g/mol. The third kappa shape index (κ3) is 4.03. The van der Waals surface area contributed by atoms with Crippen molar-refractivity contribution in [3.8, 4) is 0 Å². The van der Waals surface area contributed by atoms with Crippen LogP contribution in [0.3, 0.4) is 0 Å². The van der Waals surface area contributed by atoms with Crippen LogP contribution < -0.4 is 0 Å². The number of hydrogen-bond donors (Lipinski definition) is 0. The number of carbonyl (C=O) groups is 2. The van der Waals surface area contributed by atoms with E-state index in [2.05, 4.69) is 4.74 Å². The average molecular weight is 244 g/mol. The Morgan fingerprint density at radius 2 is 1.73 bits per heavy atom. The predicted octanol–water partition coefficient (Wildman–Crippen LogP) is 1.38. The molecule has 88 valence electrons. The van der Waals surface area contributed by atoms with Crippen molar-refractivity contribution in [1.82, 2.24) is 0 Å². The molecule has 0 N–H and O–H groups in total. The van der Waals surface area contributed by atoms with E-state index in [4.69, 9.17) is 0 Å². The second-order valence-corrected chi connectivity index (χ2v) is 4.73. The Kier molecular flexibility index (Phi) is 4.99. The van der Waals surface area contributed by atoms with E-state index < -0.39 is 33.3 Å².